The van der Waals surface area contributed by atoms with Gasteiger partial charge in [-0.05, 0) is 35.7 Å². The lowest BCUT2D eigenvalue weighted by molar-refractivity contribution is -0.128. The van der Waals surface area contributed by atoms with Gasteiger partial charge in [0.15, 0.2) is 5.82 Å². The molecular formula is C34H40N10O. The number of aromatic nitrogens is 4. The molecule has 6 heterocycles. The first kappa shape index (κ1) is 30.1. The number of carbonyl (C=O) groups is 1. The molecule has 0 spiro atoms. The van der Waals surface area contributed by atoms with Crippen molar-refractivity contribution in [3.05, 3.63) is 84.0 Å². The first-order valence-corrected chi connectivity index (χ1v) is 15.1. The summed E-state index contributed by atoms with van der Waals surface area (Å²) < 4.78 is 0. The van der Waals surface area contributed by atoms with E-state index in [-0.39, 0.29) is 13.3 Å². The Morgan fingerprint density at radius 1 is 0.933 bits per heavy atom. The predicted octanol–water partition coefficient (Wildman–Crippen LogP) is 3.57. The molecule has 4 aromatic rings. The van der Waals surface area contributed by atoms with E-state index in [1.807, 2.05) is 48.8 Å². The van der Waals surface area contributed by atoms with E-state index in [2.05, 4.69) is 37.0 Å². The van der Waals surface area contributed by atoms with Crippen LogP contribution in [0.5, 0.6) is 0 Å². The van der Waals surface area contributed by atoms with Gasteiger partial charge in [0.25, 0.3) is 0 Å². The van der Waals surface area contributed by atoms with Gasteiger partial charge in [0, 0.05) is 118 Å². The number of rotatable bonds is 6. The SMILES string of the molecule is C.CC(=O)N1CCC(N)=C(C(=N)c2cccc3cc(-c4ccc(N5CC(N6CCN(c7cccnn7)CC6)C5)nc4)ncc23)C1. The van der Waals surface area contributed by atoms with Gasteiger partial charge in [-0.25, -0.2) is 4.98 Å². The van der Waals surface area contributed by atoms with Crippen molar-refractivity contribution in [3.8, 4) is 11.3 Å². The monoisotopic (exact) mass is 604 g/mol. The van der Waals surface area contributed by atoms with Crippen LogP contribution in [-0.2, 0) is 4.79 Å². The van der Waals surface area contributed by atoms with Gasteiger partial charge in [-0.1, -0.05) is 25.6 Å². The topological polar surface area (TPSA) is 131 Å². The highest BCUT2D eigenvalue weighted by Crippen LogP contribution is 2.29. The lowest BCUT2D eigenvalue weighted by Gasteiger charge is -2.48. The number of benzene rings is 1. The van der Waals surface area contributed by atoms with Crippen molar-refractivity contribution < 1.29 is 4.79 Å². The van der Waals surface area contributed by atoms with E-state index >= 15 is 0 Å². The van der Waals surface area contributed by atoms with Crippen LogP contribution in [0.2, 0.25) is 0 Å². The van der Waals surface area contributed by atoms with E-state index in [0.717, 1.165) is 78.5 Å². The summed E-state index contributed by atoms with van der Waals surface area (Å²) in [6, 6.07) is 16.6. The molecule has 11 nitrogen and oxygen atoms in total. The highest BCUT2D eigenvalue weighted by Gasteiger charge is 2.34. The number of piperazine rings is 1. The molecule has 2 fully saturated rings. The second-order valence-corrected chi connectivity index (χ2v) is 11.7. The zero-order valence-corrected chi connectivity index (χ0v) is 24.9. The lowest BCUT2D eigenvalue weighted by Crippen LogP contribution is -2.63. The largest absolute Gasteiger partial charge is 0.402 e. The molecule has 0 bridgehead atoms. The van der Waals surface area contributed by atoms with Crippen LogP contribution in [0.25, 0.3) is 22.0 Å². The van der Waals surface area contributed by atoms with Crippen LogP contribution in [0.3, 0.4) is 0 Å². The summed E-state index contributed by atoms with van der Waals surface area (Å²) in [5, 5.41) is 19.1. The average molecular weight is 605 g/mol. The summed E-state index contributed by atoms with van der Waals surface area (Å²) in [5.74, 6) is 1.93. The summed E-state index contributed by atoms with van der Waals surface area (Å²) >= 11 is 0. The summed E-state index contributed by atoms with van der Waals surface area (Å²) in [4.78, 5) is 30.5. The molecule has 3 aliphatic rings. The molecule has 3 N–H and O–H groups in total. The van der Waals surface area contributed by atoms with Gasteiger partial charge in [0.2, 0.25) is 5.91 Å². The molecule has 45 heavy (non-hydrogen) atoms. The molecule has 0 unspecified atom stereocenters. The van der Waals surface area contributed by atoms with E-state index in [4.69, 9.17) is 21.1 Å². The van der Waals surface area contributed by atoms with Gasteiger partial charge in [-0.3, -0.25) is 20.1 Å². The summed E-state index contributed by atoms with van der Waals surface area (Å²) in [6.07, 6.45) is 6.01. The smallest absolute Gasteiger partial charge is 0.219 e. The number of pyridine rings is 2. The number of anilines is 2. The molecule has 0 radical (unpaired) electrons. The predicted molar refractivity (Wildman–Crippen MR) is 178 cm³/mol. The number of hydrogen-bond donors (Lipinski definition) is 2. The molecule has 0 saturated carbocycles. The quantitative estimate of drug-likeness (QED) is 0.317. The van der Waals surface area contributed by atoms with Gasteiger partial charge in [-0.2, -0.15) is 5.10 Å². The standard InChI is InChI=1S/C33H36N10O.CH4/c1-22(44)42-11-9-29(34)28(21-42)33(35)26-5-2-4-23-16-30(36-18-27(23)26)24-7-8-31(37-17-24)43-19-25(20-43)40-12-14-41(15-13-40)32-6-3-10-38-39-32;/h2-8,10,16-18,25,35H,9,11-15,19-21,34H2,1H3;1H4. The number of nitrogens with zero attached hydrogens (tertiary/aromatic N) is 8. The van der Waals surface area contributed by atoms with E-state index < -0.39 is 0 Å². The number of fused-ring (bicyclic) bond motifs is 1. The minimum absolute atomic E-state index is 0. The van der Waals surface area contributed by atoms with Crippen LogP contribution in [0, 0.1) is 5.41 Å². The summed E-state index contributed by atoms with van der Waals surface area (Å²) in [5.41, 5.74) is 10.6. The van der Waals surface area contributed by atoms with Crippen molar-refractivity contribution in [3.63, 3.8) is 0 Å². The fourth-order valence-electron chi connectivity index (χ4n) is 6.37. The highest BCUT2D eigenvalue weighted by atomic mass is 16.2. The Kier molecular flexibility index (Phi) is 8.44. The third-order valence-corrected chi connectivity index (χ3v) is 9.11. The maximum absolute atomic E-state index is 12.0. The zero-order valence-electron chi connectivity index (χ0n) is 24.9. The molecule has 0 aliphatic carbocycles. The molecular weight excluding hydrogens is 564 g/mol. The van der Waals surface area contributed by atoms with Crippen molar-refractivity contribution in [2.24, 2.45) is 5.73 Å². The third-order valence-electron chi connectivity index (χ3n) is 9.11. The summed E-state index contributed by atoms with van der Waals surface area (Å²) in [6.45, 7) is 8.44. The third kappa shape index (κ3) is 5.95. The van der Waals surface area contributed by atoms with E-state index in [9.17, 15) is 4.79 Å². The van der Waals surface area contributed by atoms with Crippen LogP contribution in [0.15, 0.2) is 78.4 Å². The van der Waals surface area contributed by atoms with Crippen LogP contribution in [0.4, 0.5) is 11.6 Å². The van der Waals surface area contributed by atoms with Gasteiger partial charge in [0.05, 0.1) is 11.4 Å². The van der Waals surface area contributed by atoms with Crippen molar-refractivity contribution in [2.45, 2.75) is 26.8 Å². The maximum Gasteiger partial charge on any atom is 0.219 e. The normalized spacial score (nSPS) is 17.7. The minimum atomic E-state index is -0.00532. The summed E-state index contributed by atoms with van der Waals surface area (Å²) in [7, 11) is 0. The van der Waals surface area contributed by atoms with Gasteiger partial charge >= 0.3 is 0 Å². The van der Waals surface area contributed by atoms with E-state index in [0.29, 0.717) is 42.5 Å². The van der Waals surface area contributed by atoms with E-state index in [1.165, 1.54) is 0 Å². The van der Waals surface area contributed by atoms with Gasteiger partial charge < -0.3 is 20.4 Å². The Labute approximate surface area is 263 Å². The molecule has 3 aromatic heterocycles. The Hall–Kier alpha value is -4.90. The zero-order chi connectivity index (χ0) is 30.2. The number of carbonyl (C=O) groups excluding carboxylic acids is 1. The Morgan fingerprint density at radius 3 is 2.47 bits per heavy atom. The highest BCUT2D eigenvalue weighted by molar-refractivity contribution is 6.18. The number of nitrogens with one attached hydrogen (secondary N) is 1. The van der Waals surface area contributed by atoms with Crippen molar-refractivity contribution >= 4 is 34.0 Å². The van der Waals surface area contributed by atoms with Crippen LogP contribution < -0.4 is 15.5 Å². The number of amides is 1. The number of nitrogens with two attached hydrogens (primary N) is 1. The first-order chi connectivity index (χ1) is 21.4. The average Bonchev–Trinajstić information content (AvgIpc) is 3.04. The van der Waals surface area contributed by atoms with Crippen LogP contribution in [0.1, 0.15) is 26.3 Å². The molecule has 232 valence electrons. The van der Waals surface area contributed by atoms with Crippen LogP contribution >= 0.6 is 0 Å². The molecule has 0 atom stereocenters. The lowest BCUT2D eigenvalue weighted by atomic mass is 9.93. The van der Waals surface area contributed by atoms with Crippen molar-refractivity contribution in [1.82, 2.24) is 30.0 Å². The van der Waals surface area contributed by atoms with Crippen LogP contribution in [-0.4, -0.2) is 100.0 Å². The number of hydrogen-bond acceptors (Lipinski definition) is 10. The minimum Gasteiger partial charge on any atom is -0.402 e. The molecule has 1 aromatic carbocycles. The molecule has 1 amide bonds. The van der Waals surface area contributed by atoms with E-state index in [1.54, 1.807) is 18.0 Å². The van der Waals surface area contributed by atoms with Crippen molar-refractivity contribution in [2.75, 3.05) is 62.2 Å². The Bertz CT molecular complexity index is 1730. The Balaban J connectivity index is 0.00000357. The molecule has 11 heteroatoms. The molecule has 3 aliphatic heterocycles. The molecule has 2 saturated heterocycles. The maximum atomic E-state index is 12.0. The fourth-order valence-corrected chi connectivity index (χ4v) is 6.37. The Morgan fingerprint density at radius 2 is 1.76 bits per heavy atom. The first-order valence-electron chi connectivity index (χ1n) is 15.1. The second kappa shape index (κ2) is 12.6. The van der Waals surface area contributed by atoms with Gasteiger partial charge in [-0.15, -0.1) is 5.10 Å². The fraction of sp³-hybridized carbons (Fsp3) is 0.353. The van der Waals surface area contributed by atoms with Crippen molar-refractivity contribution in [1.29, 1.82) is 5.41 Å². The molecule has 7 rings (SSSR count). The second-order valence-electron chi connectivity index (χ2n) is 11.7. The van der Waals surface area contributed by atoms with Gasteiger partial charge in [0.1, 0.15) is 5.82 Å².